The lowest BCUT2D eigenvalue weighted by molar-refractivity contribution is 0.419. The first kappa shape index (κ1) is 29.2. The molecule has 0 unspecified atom stereocenters. The molecule has 0 atom stereocenters. The molecule has 7 aromatic rings. The molecule has 4 aromatic carbocycles. The number of fused-ring (bicyclic) bond motifs is 1. The SMILES string of the molecule is C/C=C\C1=CC=Cc2ccc(cc2)-c2cc3c(OC)c4sc(cc4c(OC)c3s2)-c2ccc(cc2)-c2ccc(cc2)-c2ccc1nc2. The molecule has 5 heteroatoms. The van der Waals surface area contributed by atoms with E-state index < -0.39 is 0 Å². The largest absolute Gasteiger partial charge is 0.495 e. The summed E-state index contributed by atoms with van der Waals surface area (Å²) in [5.41, 5.74) is 10.0. The molecule has 14 bridgehead atoms. The Labute approximate surface area is 282 Å². The number of ether oxygens (including phenoxy) is 2. The van der Waals surface area contributed by atoms with Gasteiger partial charge in [0.2, 0.25) is 0 Å². The molecular weight excluding hydrogens is 615 g/mol. The first-order valence-corrected chi connectivity index (χ1v) is 17.2. The van der Waals surface area contributed by atoms with E-state index in [1.54, 1.807) is 36.9 Å². The van der Waals surface area contributed by atoms with Crippen LogP contribution in [0.2, 0.25) is 0 Å². The van der Waals surface area contributed by atoms with Crippen molar-refractivity contribution >= 4 is 54.5 Å². The molecule has 8 aliphatic heterocycles. The highest BCUT2D eigenvalue weighted by Gasteiger charge is 2.22. The van der Waals surface area contributed by atoms with Crippen LogP contribution in [-0.4, -0.2) is 19.2 Å². The first-order valence-electron chi connectivity index (χ1n) is 15.5. The fraction of sp³-hybridized carbons (Fsp3) is 0.0714. The predicted molar refractivity (Wildman–Crippen MR) is 202 cm³/mol. The van der Waals surface area contributed by atoms with Gasteiger partial charge < -0.3 is 9.47 Å². The second-order valence-corrected chi connectivity index (χ2v) is 13.6. The Bertz CT molecular complexity index is 2280. The molecule has 0 amide bonds. The summed E-state index contributed by atoms with van der Waals surface area (Å²) in [6, 6.07) is 34.9. The van der Waals surface area contributed by atoms with E-state index in [0.717, 1.165) is 65.2 Å². The fourth-order valence-corrected chi connectivity index (χ4v) is 8.63. The number of hydrogen-bond acceptors (Lipinski definition) is 5. The standard InChI is InChI=1S/C42H31NO2S2/c1-4-6-30-8-5-7-26-9-11-31(12-10-26)37-23-34-39(44-2)42-35(40(45-3)41(34)46-37)24-38(47-42)32-19-17-28(18-20-32)27-13-15-29(16-14-27)33-21-22-36(30)43-25-33/h4-25H,1-3H3/b6-4-,7-5?,8-5?,26-7?,28-27?,30-8?,33-29?,36-30?,37-31?,38-32?. The lowest BCUT2D eigenvalue weighted by Gasteiger charge is -2.08. The number of nitrogens with zero attached hydrogens (tertiary/aromatic N) is 1. The molecule has 0 spiro atoms. The van der Waals surface area contributed by atoms with E-state index in [9.17, 15) is 0 Å². The number of methoxy groups -OCH3 is 2. The Hall–Kier alpha value is -5.23. The van der Waals surface area contributed by atoms with Crippen molar-refractivity contribution in [2.75, 3.05) is 14.2 Å². The van der Waals surface area contributed by atoms with E-state index in [0.29, 0.717) is 0 Å². The summed E-state index contributed by atoms with van der Waals surface area (Å²) in [7, 11) is 3.53. The zero-order valence-corrected chi connectivity index (χ0v) is 27.9. The molecule has 3 nitrogen and oxygen atoms in total. The van der Waals surface area contributed by atoms with Crippen LogP contribution in [0.4, 0.5) is 0 Å². The number of hydrogen-bond donors (Lipinski definition) is 0. The van der Waals surface area contributed by atoms with Crippen molar-refractivity contribution in [2.24, 2.45) is 0 Å². The number of aromatic nitrogens is 1. The monoisotopic (exact) mass is 645 g/mol. The summed E-state index contributed by atoms with van der Waals surface area (Å²) >= 11 is 3.49. The van der Waals surface area contributed by atoms with Crippen LogP contribution < -0.4 is 9.47 Å². The minimum Gasteiger partial charge on any atom is -0.495 e. The highest BCUT2D eigenvalue weighted by molar-refractivity contribution is 7.24. The van der Waals surface area contributed by atoms with Gasteiger partial charge in [-0.25, -0.2) is 0 Å². The van der Waals surface area contributed by atoms with E-state index in [1.165, 1.54) is 26.4 Å². The van der Waals surface area contributed by atoms with Gasteiger partial charge in [-0.15, -0.1) is 22.7 Å². The lowest BCUT2D eigenvalue weighted by Crippen LogP contribution is -1.88. The van der Waals surface area contributed by atoms with Gasteiger partial charge in [0.15, 0.2) is 0 Å². The van der Waals surface area contributed by atoms with Crippen LogP contribution in [0.15, 0.2) is 128 Å². The van der Waals surface area contributed by atoms with Gasteiger partial charge in [-0.05, 0) is 64.1 Å². The molecule has 47 heavy (non-hydrogen) atoms. The van der Waals surface area contributed by atoms with Gasteiger partial charge in [-0.3, -0.25) is 4.98 Å². The Morgan fingerprint density at radius 2 is 1.09 bits per heavy atom. The third-order valence-electron chi connectivity index (χ3n) is 8.66. The summed E-state index contributed by atoms with van der Waals surface area (Å²) in [4.78, 5) is 7.18. The third kappa shape index (κ3) is 5.28. The maximum atomic E-state index is 6.09. The van der Waals surface area contributed by atoms with Gasteiger partial charge in [-0.2, -0.15) is 0 Å². The number of thiophene rings is 2. The molecule has 0 fully saturated rings. The third-order valence-corrected chi connectivity index (χ3v) is 11.0. The highest BCUT2D eigenvalue weighted by Crippen LogP contribution is 2.52. The maximum Gasteiger partial charge on any atom is 0.145 e. The first-order chi connectivity index (χ1) is 23.1. The lowest BCUT2D eigenvalue weighted by atomic mass is 9.99. The van der Waals surface area contributed by atoms with Crippen LogP contribution in [0.1, 0.15) is 18.2 Å². The second-order valence-electron chi connectivity index (χ2n) is 11.5. The van der Waals surface area contributed by atoms with Gasteiger partial charge in [0.05, 0.1) is 29.3 Å². The molecule has 0 N–H and O–H groups in total. The van der Waals surface area contributed by atoms with Crippen molar-refractivity contribution in [3.05, 3.63) is 139 Å². The Morgan fingerprint density at radius 3 is 1.57 bits per heavy atom. The van der Waals surface area contributed by atoms with Crippen molar-refractivity contribution in [2.45, 2.75) is 6.92 Å². The van der Waals surface area contributed by atoms with Crippen LogP contribution in [0.5, 0.6) is 11.5 Å². The second kappa shape index (κ2) is 12.2. The maximum absolute atomic E-state index is 6.09. The van der Waals surface area contributed by atoms with Crippen molar-refractivity contribution in [3.63, 3.8) is 0 Å². The average Bonchev–Trinajstić information content (AvgIpc) is 3.76. The van der Waals surface area contributed by atoms with Crippen LogP contribution in [0.3, 0.4) is 0 Å². The zero-order chi connectivity index (χ0) is 31.9. The van der Waals surface area contributed by atoms with Crippen LogP contribution >= 0.6 is 22.7 Å². The molecule has 0 saturated carbocycles. The number of pyridine rings is 1. The zero-order valence-electron chi connectivity index (χ0n) is 26.3. The minimum absolute atomic E-state index is 0.898. The van der Waals surface area contributed by atoms with Crippen molar-refractivity contribution in [1.82, 2.24) is 4.98 Å². The van der Waals surface area contributed by atoms with Crippen LogP contribution in [0, 0.1) is 0 Å². The van der Waals surface area contributed by atoms with Crippen molar-refractivity contribution in [3.8, 4) is 54.6 Å². The molecule has 8 aliphatic rings. The Balaban J connectivity index is 1.30. The number of allylic oxidation sites excluding steroid dienone is 5. The summed E-state index contributed by atoms with van der Waals surface area (Å²) in [6.07, 6.45) is 12.4. The van der Waals surface area contributed by atoms with Crippen LogP contribution in [-0.2, 0) is 0 Å². The van der Waals surface area contributed by atoms with E-state index in [-0.39, 0.29) is 0 Å². The summed E-state index contributed by atoms with van der Waals surface area (Å²) in [5, 5.41) is 2.16. The van der Waals surface area contributed by atoms with E-state index in [2.05, 4.69) is 121 Å². The van der Waals surface area contributed by atoms with E-state index >= 15 is 0 Å². The van der Waals surface area contributed by atoms with Gasteiger partial charge in [0, 0.05) is 32.3 Å². The number of rotatable bonds is 3. The van der Waals surface area contributed by atoms with E-state index in [4.69, 9.17) is 14.5 Å². The van der Waals surface area contributed by atoms with Crippen molar-refractivity contribution < 1.29 is 9.47 Å². The molecule has 0 radical (unpaired) electrons. The smallest absolute Gasteiger partial charge is 0.145 e. The average molecular weight is 646 g/mol. The highest BCUT2D eigenvalue weighted by atomic mass is 32.1. The molecule has 3 aromatic heterocycles. The minimum atomic E-state index is 0.898. The molecular formula is C42H31NO2S2. The summed E-state index contributed by atoms with van der Waals surface area (Å²) in [5.74, 6) is 1.80. The van der Waals surface area contributed by atoms with Crippen molar-refractivity contribution in [1.29, 1.82) is 0 Å². The quantitative estimate of drug-likeness (QED) is 0.192. The molecule has 15 rings (SSSR count). The van der Waals surface area contributed by atoms with Gasteiger partial charge in [0.25, 0.3) is 0 Å². The Morgan fingerprint density at radius 1 is 0.596 bits per heavy atom. The van der Waals surface area contributed by atoms with E-state index in [1.807, 2.05) is 19.2 Å². The summed E-state index contributed by atoms with van der Waals surface area (Å²) < 4.78 is 14.4. The van der Waals surface area contributed by atoms with Gasteiger partial charge in [0.1, 0.15) is 11.5 Å². The normalized spacial score (nSPS) is 12.5. The molecule has 228 valence electrons. The van der Waals surface area contributed by atoms with Crippen LogP contribution in [0.25, 0.3) is 75.0 Å². The van der Waals surface area contributed by atoms with Gasteiger partial charge in [-0.1, -0.05) is 109 Å². The molecule has 11 heterocycles. The predicted octanol–water partition coefficient (Wildman–Crippen LogP) is 12.2. The van der Waals surface area contributed by atoms with Gasteiger partial charge >= 0.3 is 0 Å². The fourth-order valence-electron chi connectivity index (χ4n) is 6.24. The summed E-state index contributed by atoms with van der Waals surface area (Å²) in [6.45, 7) is 2.03. The molecule has 0 aliphatic carbocycles. The topological polar surface area (TPSA) is 31.4 Å². The number of benzene rings is 4. The molecule has 0 saturated heterocycles. The Kier molecular flexibility index (Phi) is 7.56.